The van der Waals surface area contributed by atoms with Crippen LogP contribution in [0.25, 0.3) is 0 Å². The van der Waals surface area contributed by atoms with Gasteiger partial charge in [0.2, 0.25) is 0 Å². The maximum atomic E-state index is 13.3. The minimum absolute atomic E-state index is 0.271. The van der Waals surface area contributed by atoms with E-state index in [0.29, 0.717) is 17.1 Å². The molecular weight excluding hydrogens is 213 g/mol. The van der Waals surface area contributed by atoms with Gasteiger partial charge in [-0.25, -0.2) is 4.39 Å². The van der Waals surface area contributed by atoms with Crippen LogP contribution in [0.4, 0.5) is 4.39 Å². The highest BCUT2D eigenvalue weighted by molar-refractivity contribution is 6.31. The van der Waals surface area contributed by atoms with Crippen molar-refractivity contribution in [3.05, 3.63) is 34.6 Å². The second kappa shape index (κ2) is 6.44. The molecule has 0 amide bonds. The van der Waals surface area contributed by atoms with Crippen molar-refractivity contribution in [2.45, 2.75) is 19.4 Å². The van der Waals surface area contributed by atoms with Crippen LogP contribution in [-0.2, 0) is 6.54 Å². The summed E-state index contributed by atoms with van der Waals surface area (Å²) in [6, 6.07) is 4.69. The minimum atomic E-state index is -0.271. The van der Waals surface area contributed by atoms with E-state index >= 15 is 0 Å². The summed E-state index contributed by atoms with van der Waals surface area (Å²) < 4.78 is 13.3. The monoisotopic (exact) mass is 225 g/mol. The lowest BCUT2D eigenvalue weighted by molar-refractivity contribution is 0.584. The fraction of sp³-hybridized carbons (Fsp3) is 0.333. The normalized spacial score (nSPS) is 9.93. The average Bonchev–Trinajstić information content (AvgIpc) is 2.21. The van der Waals surface area contributed by atoms with Crippen LogP contribution < -0.4 is 5.32 Å². The minimum Gasteiger partial charge on any atom is -0.312 e. The van der Waals surface area contributed by atoms with E-state index in [9.17, 15) is 4.39 Å². The number of unbranched alkanes of at least 4 members (excludes halogenated alkanes) is 1. The number of halogens is 2. The highest BCUT2D eigenvalue weighted by atomic mass is 35.5. The first-order chi connectivity index (χ1) is 7.25. The van der Waals surface area contributed by atoms with Crippen molar-refractivity contribution in [3.8, 4) is 12.3 Å². The first kappa shape index (κ1) is 12.0. The van der Waals surface area contributed by atoms with Crippen LogP contribution in [-0.4, -0.2) is 6.54 Å². The fourth-order valence-corrected chi connectivity index (χ4v) is 1.46. The van der Waals surface area contributed by atoms with E-state index in [1.54, 1.807) is 12.1 Å². The maximum Gasteiger partial charge on any atom is 0.129 e. The van der Waals surface area contributed by atoms with Crippen molar-refractivity contribution in [2.75, 3.05) is 6.54 Å². The number of hydrogen-bond acceptors (Lipinski definition) is 1. The summed E-state index contributed by atoms with van der Waals surface area (Å²) in [7, 11) is 0. The molecule has 1 nitrogen and oxygen atoms in total. The van der Waals surface area contributed by atoms with E-state index in [-0.39, 0.29) is 5.82 Å². The van der Waals surface area contributed by atoms with E-state index < -0.39 is 0 Å². The van der Waals surface area contributed by atoms with Gasteiger partial charge in [0.05, 0.1) is 0 Å². The van der Waals surface area contributed by atoms with Gasteiger partial charge in [-0.1, -0.05) is 17.7 Å². The zero-order valence-corrected chi connectivity index (χ0v) is 9.15. The molecule has 0 aliphatic rings. The Bertz CT molecular complexity index is 337. The number of hydrogen-bond donors (Lipinski definition) is 1. The van der Waals surface area contributed by atoms with Gasteiger partial charge in [0.15, 0.2) is 0 Å². The Hall–Kier alpha value is -1.04. The molecule has 1 aromatic rings. The van der Waals surface area contributed by atoms with E-state index in [4.69, 9.17) is 18.0 Å². The molecule has 0 aliphatic carbocycles. The summed E-state index contributed by atoms with van der Waals surface area (Å²) >= 11 is 5.86. The van der Waals surface area contributed by atoms with Gasteiger partial charge in [0.25, 0.3) is 0 Å². The van der Waals surface area contributed by atoms with Crippen LogP contribution in [0.2, 0.25) is 5.02 Å². The summed E-state index contributed by atoms with van der Waals surface area (Å²) in [5.74, 6) is 2.28. The van der Waals surface area contributed by atoms with Crippen molar-refractivity contribution < 1.29 is 4.39 Å². The highest BCUT2D eigenvalue weighted by Gasteiger charge is 2.05. The van der Waals surface area contributed by atoms with Gasteiger partial charge in [-0.3, -0.25) is 0 Å². The number of rotatable bonds is 5. The summed E-state index contributed by atoms with van der Waals surface area (Å²) in [6.07, 6.45) is 6.74. The van der Waals surface area contributed by atoms with E-state index in [0.717, 1.165) is 19.4 Å². The maximum absolute atomic E-state index is 13.3. The molecule has 0 spiro atoms. The van der Waals surface area contributed by atoms with Crippen LogP contribution in [0.15, 0.2) is 18.2 Å². The Kier molecular flexibility index (Phi) is 5.17. The third-order valence-electron chi connectivity index (χ3n) is 2.04. The lowest BCUT2D eigenvalue weighted by atomic mass is 10.2. The van der Waals surface area contributed by atoms with E-state index in [2.05, 4.69) is 11.2 Å². The van der Waals surface area contributed by atoms with Crippen molar-refractivity contribution >= 4 is 11.6 Å². The molecule has 0 saturated heterocycles. The van der Waals surface area contributed by atoms with Gasteiger partial charge in [-0.15, -0.1) is 12.3 Å². The van der Waals surface area contributed by atoms with Crippen LogP contribution in [0.1, 0.15) is 18.4 Å². The molecular formula is C12H13ClFN. The molecule has 0 radical (unpaired) electrons. The molecule has 0 atom stereocenters. The molecule has 0 aromatic heterocycles. The van der Waals surface area contributed by atoms with Crippen LogP contribution in [0.5, 0.6) is 0 Å². The van der Waals surface area contributed by atoms with Crippen molar-refractivity contribution in [2.24, 2.45) is 0 Å². The zero-order chi connectivity index (χ0) is 11.1. The molecule has 15 heavy (non-hydrogen) atoms. The summed E-state index contributed by atoms with van der Waals surface area (Å²) in [5.41, 5.74) is 0.514. The average molecular weight is 226 g/mol. The van der Waals surface area contributed by atoms with Gasteiger partial charge in [-0.2, -0.15) is 0 Å². The topological polar surface area (TPSA) is 12.0 Å². The lowest BCUT2D eigenvalue weighted by Gasteiger charge is -2.06. The number of terminal acetylenes is 1. The summed E-state index contributed by atoms with van der Waals surface area (Å²) in [6.45, 7) is 1.21. The second-order valence-electron chi connectivity index (χ2n) is 3.18. The van der Waals surface area contributed by atoms with E-state index in [1.165, 1.54) is 6.07 Å². The van der Waals surface area contributed by atoms with Crippen molar-refractivity contribution in [1.29, 1.82) is 0 Å². The van der Waals surface area contributed by atoms with Gasteiger partial charge in [-0.05, 0) is 25.1 Å². The molecule has 0 saturated carbocycles. The zero-order valence-electron chi connectivity index (χ0n) is 8.39. The molecule has 80 valence electrons. The second-order valence-corrected chi connectivity index (χ2v) is 3.59. The molecule has 1 rings (SSSR count). The Balaban J connectivity index is 2.41. The van der Waals surface area contributed by atoms with E-state index in [1.807, 2.05) is 0 Å². The molecule has 0 bridgehead atoms. The standard InChI is InChI=1S/C12H13ClFN/c1-2-3-4-8-15-9-10-11(13)6-5-7-12(10)14/h1,5-7,15H,3-4,8-9H2. The predicted octanol–water partition coefficient (Wildman–Crippen LogP) is 2.98. The molecule has 0 heterocycles. The van der Waals surface area contributed by atoms with Gasteiger partial charge in [0.1, 0.15) is 5.82 Å². The van der Waals surface area contributed by atoms with Crippen molar-refractivity contribution in [1.82, 2.24) is 5.32 Å². The van der Waals surface area contributed by atoms with Crippen LogP contribution in [0, 0.1) is 18.2 Å². The number of nitrogens with one attached hydrogen (secondary N) is 1. The highest BCUT2D eigenvalue weighted by Crippen LogP contribution is 2.18. The molecule has 1 N–H and O–H groups in total. The largest absolute Gasteiger partial charge is 0.312 e. The molecule has 0 aliphatic heterocycles. The number of benzene rings is 1. The van der Waals surface area contributed by atoms with Gasteiger partial charge >= 0.3 is 0 Å². The molecule has 1 aromatic carbocycles. The van der Waals surface area contributed by atoms with Gasteiger partial charge in [0, 0.05) is 23.6 Å². The van der Waals surface area contributed by atoms with Crippen LogP contribution >= 0.6 is 11.6 Å². The smallest absolute Gasteiger partial charge is 0.129 e. The summed E-state index contributed by atoms with van der Waals surface area (Å²) in [5, 5.41) is 3.56. The van der Waals surface area contributed by atoms with Crippen LogP contribution in [0.3, 0.4) is 0 Å². The molecule has 0 fully saturated rings. The third kappa shape index (κ3) is 3.91. The Morgan fingerprint density at radius 3 is 2.93 bits per heavy atom. The lowest BCUT2D eigenvalue weighted by Crippen LogP contribution is -2.15. The summed E-state index contributed by atoms with van der Waals surface area (Å²) in [4.78, 5) is 0. The first-order valence-electron chi connectivity index (χ1n) is 4.82. The molecule has 0 unspecified atom stereocenters. The Morgan fingerprint density at radius 1 is 1.47 bits per heavy atom. The Morgan fingerprint density at radius 2 is 2.27 bits per heavy atom. The van der Waals surface area contributed by atoms with Crippen molar-refractivity contribution in [3.63, 3.8) is 0 Å². The SMILES string of the molecule is C#CCCCNCc1c(F)cccc1Cl. The Labute approximate surface area is 94.6 Å². The quantitative estimate of drug-likeness (QED) is 0.600. The predicted molar refractivity (Wildman–Crippen MR) is 61.2 cm³/mol. The van der Waals surface area contributed by atoms with Gasteiger partial charge < -0.3 is 5.32 Å². The third-order valence-corrected chi connectivity index (χ3v) is 2.39. The molecule has 3 heteroatoms. The fourth-order valence-electron chi connectivity index (χ4n) is 1.23. The first-order valence-corrected chi connectivity index (χ1v) is 5.20.